The highest BCUT2D eigenvalue weighted by Crippen LogP contribution is 2.20. The lowest BCUT2D eigenvalue weighted by molar-refractivity contribution is 0.508. The summed E-state index contributed by atoms with van der Waals surface area (Å²) in [5, 5.41) is 4.78. The maximum Gasteiger partial charge on any atom is 0.280 e. The summed E-state index contributed by atoms with van der Waals surface area (Å²) in [6.45, 7) is 9.09. The van der Waals surface area contributed by atoms with Gasteiger partial charge in [-0.3, -0.25) is 9.36 Å². The van der Waals surface area contributed by atoms with Crippen LogP contribution in [0.3, 0.4) is 0 Å². The molecule has 0 aliphatic carbocycles. The largest absolute Gasteiger partial charge is 0.341 e. The van der Waals surface area contributed by atoms with Crippen molar-refractivity contribution in [3.05, 3.63) is 22.4 Å². The normalized spacial score (nSPS) is 14.7. The van der Waals surface area contributed by atoms with E-state index >= 15 is 0 Å². The zero-order valence-corrected chi connectivity index (χ0v) is 14.5. The fourth-order valence-corrected chi connectivity index (χ4v) is 3.27. The number of nitrogens with zero attached hydrogens (tertiary/aromatic N) is 5. The van der Waals surface area contributed by atoms with Crippen molar-refractivity contribution in [2.24, 2.45) is 0 Å². The van der Waals surface area contributed by atoms with Crippen molar-refractivity contribution in [2.75, 3.05) is 18.0 Å². The van der Waals surface area contributed by atoms with E-state index in [9.17, 15) is 4.79 Å². The molecule has 0 radical (unpaired) electrons. The van der Waals surface area contributed by atoms with E-state index in [1.165, 1.54) is 19.3 Å². The summed E-state index contributed by atoms with van der Waals surface area (Å²) in [5.74, 6) is 1.91. The molecule has 0 atom stereocenters. The van der Waals surface area contributed by atoms with E-state index in [1.807, 2.05) is 4.57 Å². The molecule has 2 aromatic rings. The van der Waals surface area contributed by atoms with Crippen LogP contribution in [0.2, 0.25) is 0 Å². The maximum atomic E-state index is 12.8. The molecule has 6 heteroatoms. The predicted octanol–water partition coefficient (Wildman–Crippen LogP) is 2.80. The van der Waals surface area contributed by atoms with Gasteiger partial charge in [-0.25, -0.2) is 9.50 Å². The third-order valence-electron chi connectivity index (χ3n) is 4.55. The Kier molecular flexibility index (Phi) is 4.68. The number of unbranched alkanes of at least 4 members (excludes halogenated alkanes) is 3. The summed E-state index contributed by atoms with van der Waals surface area (Å²) in [5.41, 5.74) is 0.623. The molecule has 2 aromatic heterocycles. The highest BCUT2D eigenvalue weighted by molar-refractivity contribution is 5.47. The summed E-state index contributed by atoms with van der Waals surface area (Å²) < 4.78 is 3.58. The average molecular weight is 317 g/mol. The van der Waals surface area contributed by atoms with Crippen LogP contribution >= 0.6 is 0 Å². The number of fused-ring (bicyclic) bond motifs is 2. The van der Waals surface area contributed by atoms with Gasteiger partial charge in [0.15, 0.2) is 5.52 Å². The lowest BCUT2D eigenvalue weighted by Gasteiger charge is -2.30. The summed E-state index contributed by atoms with van der Waals surface area (Å²) in [7, 11) is 0. The molecule has 0 spiro atoms. The molecular formula is C17H27N5O. The first-order valence-electron chi connectivity index (χ1n) is 8.87. The molecule has 3 rings (SSSR count). The van der Waals surface area contributed by atoms with Crippen LogP contribution in [0.15, 0.2) is 11.0 Å². The van der Waals surface area contributed by atoms with E-state index in [1.54, 1.807) is 10.7 Å². The second kappa shape index (κ2) is 6.72. The second-order valence-electron chi connectivity index (χ2n) is 6.73. The first kappa shape index (κ1) is 16.0. The molecule has 1 aliphatic heterocycles. The quantitative estimate of drug-likeness (QED) is 0.769. The molecule has 0 fully saturated rings. The average Bonchev–Trinajstić information content (AvgIpc) is 2.96. The monoisotopic (exact) mass is 317 g/mol. The zero-order chi connectivity index (χ0) is 16.4. The van der Waals surface area contributed by atoms with E-state index in [4.69, 9.17) is 5.10 Å². The molecule has 0 N–H and O–H groups in total. The van der Waals surface area contributed by atoms with E-state index in [-0.39, 0.29) is 11.5 Å². The SMILES string of the molecule is CCCCCCN1CCCn2c1nn1c(C(C)C)ncc1c2=O. The van der Waals surface area contributed by atoms with Crippen LogP contribution < -0.4 is 10.5 Å². The Balaban J connectivity index is 1.97. The Hall–Kier alpha value is -1.85. The number of rotatable bonds is 6. The summed E-state index contributed by atoms with van der Waals surface area (Å²) >= 11 is 0. The van der Waals surface area contributed by atoms with Crippen molar-refractivity contribution in [1.82, 2.24) is 19.2 Å². The minimum atomic E-state index is 0.0349. The minimum Gasteiger partial charge on any atom is -0.341 e. The predicted molar refractivity (Wildman–Crippen MR) is 92.3 cm³/mol. The van der Waals surface area contributed by atoms with Gasteiger partial charge in [0.1, 0.15) is 5.82 Å². The molecule has 6 nitrogen and oxygen atoms in total. The molecule has 126 valence electrons. The second-order valence-corrected chi connectivity index (χ2v) is 6.73. The Bertz CT molecular complexity index is 730. The van der Waals surface area contributed by atoms with E-state index in [0.29, 0.717) is 5.52 Å². The number of hydrogen-bond acceptors (Lipinski definition) is 4. The molecule has 23 heavy (non-hydrogen) atoms. The lowest BCUT2D eigenvalue weighted by Crippen LogP contribution is -2.40. The molecule has 0 aromatic carbocycles. The van der Waals surface area contributed by atoms with Gasteiger partial charge in [0.05, 0.1) is 6.20 Å². The maximum absolute atomic E-state index is 12.8. The van der Waals surface area contributed by atoms with Gasteiger partial charge < -0.3 is 4.90 Å². The van der Waals surface area contributed by atoms with Gasteiger partial charge in [0.25, 0.3) is 5.56 Å². The summed E-state index contributed by atoms with van der Waals surface area (Å²) in [6, 6.07) is 0. The smallest absolute Gasteiger partial charge is 0.280 e. The molecule has 0 unspecified atom stereocenters. The molecule has 0 amide bonds. The fourth-order valence-electron chi connectivity index (χ4n) is 3.27. The van der Waals surface area contributed by atoms with Gasteiger partial charge in [-0.05, 0) is 12.8 Å². The molecular weight excluding hydrogens is 290 g/mol. The van der Waals surface area contributed by atoms with E-state index in [2.05, 4.69) is 30.7 Å². The number of aromatic nitrogens is 4. The summed E-state index contributed by atoms with van der Waals surface area (Å²) in [4.78, 5) is 19.4. The Labute approximate surface area is 137 Å². The van der Waals surface area contributed by atoms with Crippen molar-refractivity contribution in [1.29, 1.82) is 0 Å². The zero-order valence-electron chi connectivity index (χ0n) is 14.5. The molecule has 0 saturated heterocycles. The van der Waals surface area contributed by atoms with Crippen molar-refractivity contribution >= 4 is 11.5 Å². The molecule has 1 aliphatic rings. The van der Waals surface area contributed by atoms with Crippen LogP contribution in [0.5, 0.6) is 0 Å². The number of imidazole rings is 1. The van der Waals surface area contributed by atoms with Gasteiger partial charge in [0.2, 0.25) is 5.95 Å². The van der Waals surface area contributed by atoms with E-state index in [0.717, 1.165) is 44.2 Å². The van der Waals surface area contributed by atoms with Crippen LogP contribution in [-0.2, 0) is 6.54 Å². The van der Waals surface area contributed by atoms with Crippen LogP contribution in [0.4, 0.5) is 5.95 Å². The highest BCUT2D eigenvalue weighted by Gasteiger charge is 2.23. The Morgan fingerprint density at radius 2 is 2.04 bits per heavy atom. The third kappa shape index (κ3) is 2.99. The van der Waals surface area contributed by atoms with Gasteiger partial charge in [0, 0.05) is 25.6 Å². The Morgan fingerprint density at radius 1 is 1.22 bits per heavy atom. The van der Waals surface area contributed by atoms with Crippen molar-refractivity contribution in [3.8, 4) is 0 Å². The van der Waals surface area contributed by atoms with Crippen molar-refractivity contribution < 1.29 is 0 Å². The first-order valence-corrected chi connectivity index (χ1v) is 8.87. The van der Waals surface area contributed by atoms with Crippen molar-refractivity contribution in [3.63, 3.8) is 0 Å². The van der Waals surface area contributed by atoms with Gasteiger partial charge in [-0.15, -0.1) is 5.10 Å². The van der Waals surface area contributed by atoms with Crippen LogP contribution in [0.25, 0.3) is 5.52 Å². The third-order valence-corrected chi connectivity index (χ3v) is 4.55. The number of hydrogen-bond donors (Lipinski definition) is 0. The fraction of sp³-hybridized carbons (Fsp3) is 0.706. The van der Waals surface area contributed by atoms with Gasteiger partial charge in [-0.1, -0.05) is 40.0 Å². The summed E-state index contributed by atoms with van der Waals surface area (Å²) in [6.07, 6.45) is 7.57. The first-order chi connectivity index (χ1) is 11.1. The van der Waals surface area contributed by atoms with Crippen LogP contribution in [0.1, 0.15) is 64.6 Å². The standard InChI is InChI=1S/C17H27N5O/c1-4-5-6-7-9-20-10-8-11-21-16(23)14-12-18-15(13(2)3)22(14)19-17(20)21/h12-13H,4-11H2,1-3H3. The molecule has 0 saturated carbocycles. The van der Waals surface area contributed by atoms with Crippen molar-refractivity contribution in [2.45, 2.75) is 65.3 Å². The molecule has 3 heterocycles. The molecule has 0 bridgehead atoms. The van der Waals surface area contributed by atoms with Crippen LogP contribution in [-0.4, -0.2) is 32.3 Å². The van der Waals surface area contributed by atoms with Crippen LogP contribution in [0, 0.1) is 0 Å². The van der Waals surface area contributed by atoms with Gasteiger partial charge >= 0.3 is 0 Å². The topological polar surface area (TPSA) is 55.4 Å². The lowest BCUT2D eigenvalue weighted by atomic mass is 10.2. The van der Waals surface area contributed by atoms with E-state index < -0.39 is 0 Å². The number of anilines is 1. The minimum absolute atomic E-state index is 0.0349. The van der Waals surface area contributed by atoms with Gasteiger partial charge in [-0.2, -0.15) is 0 Å². The Morgan fingerprint density at radius 3 is 2.78 bits per heavy atom. The highest BCUT2D eigenvalue weighted by atomic mass is 16.1.